The number of rotatable bonds is 6. The van der Waals surface area contributed by atoms with E-state index in [1.54, 1.807) is 25.7 Å². The molecule has 2 aromatic carbocycles. The second-order valence-electron chi connectivity index (χ2n) is 6.85. The van der Waals surface area contributed by atoms with Crippen molar-refractivity contribution in [3.63, 3.8) is 0 Å². The minimum absolute atomic E-state index is 0.102. The largest absolute Gasteiger partial charge is 0.497 e. The van der Waals surface area contributed by atoms with E-state index < -0.39 is 5.97 Å². The molecule has 2 heterocycles. The van der Waals surface area contributed by atoms with Crippen LogP contribution in [0.4, 0.5) is 0 Å². The summed E-state index contributed by atoms with van der Waals surface area (Å²) in [5.74, 6) is -0.110. The Bertz CT molecular complexity index is 1220. The van der Waals surface area contributed by atoms with Crippen molar-refractivity contribution in [2.24, 2.45) is 0 Å². The van der Waals surface area contributed by atoms with E-state index in [4.69, 9.17) is 9.47 Å². The highest BCUT2D eigenvalue weighted by molar-refractivity contribution is 5.92. The number of aromatic carboxylic acids is 1. The van der Waals surface area contributed by atoms with Crippen LogP contribution in [0.1, 0.15) is 21.6 Å². The first-order valence-corrected chi connectivity index (χ1v) is 9.39. The number of carbonyl (C=O) groups is 1. The Morgan fingerprint density at radius 3 is 2.57 bits per heavy atom. The summed E-state index contributed by atoms with van der Waals surface area (Å²) >= 11 is 0. The number of hydrogen-bond donors (Lipinski definition) is 1. The molecule has 0 amide bonds. The van der Waals surface area contributed by atoms with Crippen LogP contribution in [0, 0.1) is 6.92 Å². The van der Waals surface area contributed by atoms with Crippen molar-refractivity contribution in [1.82, 2.24) is 9.97 Å². The van der Waals surface area contributed by atoms with Gasteiger partial charge in [0.05, 0.1) is 7.11 Å². The van der Waals surface area contributed by atoms with Gasteiger partial charge < -0.3 is 14.6 Å². The standard InChI is InChI=1S/C24H20N2O4/c1-15-21(18-5-6-19-12-25-10-9-17(19)11-18)13-26-22(24(27)28)23(15)30-14-16-3-7-20(29-2)8-4-16/h3-13H,14H2,1-2H3,(H,27,28). The molecule has 0 radical (unpaired) electrons. The summed E-state index contributed by atoms with van der Waals surface area (Å²) in [7, 11) is 1.61. The zero-order valence-electron chi connectivity index (χ0n) is 16.6. The lowest BCUT2D eigenvalue weighted by Gasteiger charge is -2.15. The van der Waals surface area contributed by atoms with E-state index in [1.807, 2.05) is 55.5 Å². The number of fused-ring (bicyclic) bond motifs is 1. The van der Waals surface area contributed by atoms with Gasteiger partial charge in [-0.05, 0) is 47.7 Å². The highest BCUT2D eigenvalue weighted by Crippen LogP contribution is 2.33. The first-order valence-electron chi connectivity index (χ1n) is 9.39. The zero-order valence-corrected chi connectivity index (χ0v) is 16.6. The number of carboxylic acid groups (broad SMARTS) is 1. The van der Waals surface area contributed by atoms with Crippen LogP contribution in [0.15, 0.2) is 67.1 Å². The van der Waals surface area contributed by atoms with Gasteiger partial charge in [-0.15, -0.1) is 0 Å². The number of benzene rings is 2. The molecule has 0 unspecified atom stereocenters. The molecule has 30 heavy (non-hydrogen) atoms. The Labute approximate surface area is 173 Å². The molecular weight excluding hydrogens is 380 g/mol. The molecule has 0 aliphatic carbocycles. The Morgan fingerprint density at radius 2 is 1.83 bits per heavy atom. The second kappa shape index (κ2) is 8.21. The van der Waals surface area contributed by atoms with Gasteiger partial charge in [-0.1, -0.05) is 24.3 Å². The summed E-state index contributed by atoms with van der Waals surface area (Å²) in [5.41, 5.74) is 3.28. The zero-order chi connectivity index (χ0) is 21.1. The predicted octanol–water partition coefficient (Wildman–Crippen LogP) is 4.89. The van der Waals surface area contributed by atoms with Gasteiger partial charge in [-0.25, -0.2) is 9.78 Å². The van der Waals surface area contributed by atoms with E-state index in [2.05, 4.69) is 9.97 Å². The smallest absolute Gasteiger partial charge is 0.358 e. The van der Waals surface area contributed by atoms with Crippen molar-refractivity contribution >= 4 is 16.7 Å². The van der Waals surface area contributed by atoms with Crippen LogP contribution >= 0.6 is 0 Å². The molecule has 0 aliphatic heterocycles. The molecule has 2 aromatic heterocycles. The predicted molar refractivity (Wildman–Crippen MR) is 114 cm³/mol. The molecule has 0 aliphatic rings. The van der Waals surface area contributed by atoms with Crippen molar-refractivity contribution in [3.8, 4) is 22.6 Å². The Hall–Kier alpha value is -3.93. The average Bonchev–Trinajstić information content (AvgIpc) is 2.78. The molecule has 6 nitrogen and oxygen atoms in total. The van der Waals surface area contributed by atoms with Gasteiger partial charge in [-0.3, -0.25) is 4.98 Å². The van der Waals surface area contributed by atoms with E-state index in [-0.39, 0.29) is 18.1 Å². The molecule has 6 heteroatoms. The number of nitrogens with zero attached hydrogens (tertiary/aromatic N) is 2. The lowest BCUT2D eigenvalue weighted by atomic mass is 9.99. The summed E-state index contributed by atoms with van der Waals surface area (Å²) in [5, 5.41) is 11.7. The monoisotopic (exact) mass is 400 g/mol. The van der Waals surface area contributed by atoms with Crippen LogP contribution in [0.5, 0.6) is 11.5 Å². The third kappa shape index (κ3) is 3.80. The van der Waals surface area contributed by atoms with E-state index in [0.717, 1.165) is 38.8 Å². The van der Waals surface area contributed by atoms with Gasteiger partial charge in [0.15, 0.2) is 11.4 Å². The van der Waals surface area contributed by atoms with Crippen molar-refractivity contribution in [3.05, 3.63) is 83.9 Å². The van der Waals surface area contributed by atoms with Crippen LogP contribution in [0.3, 0.4) is 0 Å². The van der Waals surface area contributed by atoms with Gasteiger partial charge in [0.25, 0.3) is 0 Å². The molecule has 0 saturated carbocycles. The molecule has 0 saturated heterocycles. The van der Waals surface area contributed by atoms with Crippen molar-refractivity contribution < 1.29 is 19.4 Å². The molecule has 0 fully saturated rings. The number of ether oxygens (including phenoxy) is 2. The van der Waals surface area contributed by atoms with E-state index in [9.17, 15) is 9.90 Å². The van der Waals surface area contributed by atoms with Crippen molar-refractivity contribution in [1.29, 1.82) is 0 Å². The Balaban J connectivity index is 1.71. The molecule has 0 bridgehead atoms. The van der Waals surface area contributed by atoms with E-state index >= 15 is 0 Å². The highest BCUT2D eigenvalue weighted by atomic mass is 16.5. The quantitative estimate of drug-likeness (QED) is 0.496. The first kappa shape index (κ1) is 19.4. The van der Waals surface area contributed by atoms with Gasteiger partial charge >= 0.3 is 5.97 Å². The van der Waals surface area contributed by atoms with Crippen LogP contribution in [0.2, 0.25) is 0 Å². The van der Waals surface area contributed by atoms with E-state index in [1.165, 1.54) is 0 Å². The number of hydrogen-bond acceptors (Lipinski definition) is 5. The first-order chi connectivity index (χ1) is 14.6. The minimum atomic E-state index is -1.13. The summed E-state index contributed by atoms with van der Waals surface area (Å²) < 4.78 is 11.1. The lowest BCUT2D eigenvalue weighted by molar-refractivity contribution is 0.0684. The average molecular weight is 400 g/mol. The molecule has 4 aromatic rings. The molecule has 150 valence electrons. The Kier molecular flexibility index (Phi) is 5.30. The van der Waals surface area contributed by atoms with Crippen molar-refractivity contribution in [2.45, 2.75) is 13.5 Å². The summed E-state index contributed by atoms with van der Waals surface area (Å²) in [4.78, 5) is 20.0. The van der Waals surface area contributed by atoms with Crippen molar-refractivity contribution in [2.75, 3.05) is 7.11 Å². The maximum Gasteiger partial charge on any atom is 0.358 e. The lowest BCUT2D eigenvalue weighted by Crippen LogP contribution is -2.08. The normalized spacial score (nSPS) is 10.7. The fourth-order valence-corrected chi connectivity index (χ4v) is 3.33. The Morgan fingerprint density at radius 1 is 1.03 bits per heavy atom. The third-order valence-corrected chi connectivity index (χ3v) is 4.98. The number of aromatic nitrogens is 2. The molecule has 0 spiro atoms. The van der Waals surface area contributed by atoms with E-state index in [0.29, 0.717) is 0 Å². The number of carboxylic acids is 1. The summed E-state index contributed by atoms with van der Waals surface area (Å²) in [6.07, 6.45) is 5.14. The maximum absolute atomic E-state index is 11.7. The van der Waals surface area contributed by atoms with Crippen LogP contribution in [-0.4, -0.2) is 28.2 Å². The summed E-state index contributed by atoms with van der Waals surface area (Å²) in [6.45, 7) is 2.07. The maximum atomic E-state index is 11.7. The topological polar surface area (TPSA) is 81.5 Å². The minimum Gasteiger partial charge on any atom is -0.497 e. The number of pyridine rings is 2. The van der Waals surface area contributed by atoms with Crippen LogP contribution in [-0.2, 0) is 6.61 Å². The van der Waals surface area contributed by atoms with Gasteiger partial charge in [-0.2, -0.15) is 0 Å². The molecule has 0 atom stereocenters. The third-order valence-electron chi connectivity index (χ3n) is 4.98. The van der Waals surface area contributed by atoms with Crippen LogP contribution in [0.25, 0.3) is 21.9 Å². The SMILES string of the molecule is COc1ccc(COc2c(C(=O)O)ncc(-c3ccc4cnccc4c3)c2C)cc1. The van der Waals surface area contributed by atoms with Gasteiger partial charge in [0, 0.05) is 35.1 Å². The van der Waals surface area contributed by atoms with Gasteiger partial charge in [0.2, 0.25) is 0 Å². The second-order valence-corrected chi connectivity index (χ2v) is 6.85. The van der Waals surface area contributed by atoms with Crippen LogP contribution < -0.4 is 9.47 Å². The molecule has 1 N–H and O–H groups in total. The fourth-order valence-electron chi connectivity index (χ4n) is 3.33. The van der Waals surface area contributed by atoms with Gasteiger partial charge in [0.1, 0.15) is 12.4 Å². The fraction of sp³-hybridized carbons (Fsp3) is 0.125. The highest BCUT2D eigenvalue weighted by Gasteiger charge is 2.19. The number of methoxy groups -OCH3 is 1. The molecular formula is C24H20N2O4. The summed E-state index contributed by atoms with van der Waals surface area (Å²) in [6, 6.07) is 15.4. The molecule has 4 rings (SSSR count).